The fraction of sp³-hybridized carbons (Fsp3) is 0.824. The maximum Gasteiger partial charge on any atom is 0.317 e. The summed E-state index contributed by atoms with van der Waals surface area (Å²) < 4.78 is 11.6. The van der Waals surface area contributed by atoms with E-state index in [4.69, 9.17) is 9.47 Å². The SMILES string of the molecule is C/C(=C\CCC(C)(C)OC(=O)CBr)[C@H]1CC[C@]2(C)C1=CC[C@@H]1[C@@]3(C)CC[C@H](OC(=O)CBr)C(C)(C)[C@@H]3CC[C@]12C. The van der Waals surface area contributed by atoms with E-state index >= 15 is 0 Å². The van der Waals surface area contributed by atoms with Crippen molar-refractivity contribution < 1.29 is 19.1 Å². The van der Waals surface area contributed by atoms with Gasteiger partial charge < -0.3 is 9.47 Å². The van der Waals surface area contributed by atoms with Crippen LogP contribution in [0.5, 0.6) is 0 Å². The lowest BCUT2D eigenvalue weighted by Gasteiger charge is -2.68. The normalized spacial score (nSPS) is 39.0. The van der Waals surface area contributed by atoms with Crippen LogP contribution in [0.2, 0.25) is 0 Å². The molecule has 4 rings (SSSR count). The van der Waals surface area contributed by atoms with Crippen LogP contribution >= 0.6 is 31.9 Å². The Kier molecular flexibility index (Phi) is 9.26. The van der Waals surface area contributed by atoms with E-state index in [0.29, 0.717) is 17.8 Å². The summed E-state index contributed by atoms with van der Waals surface area (Å²) >= 11 is 6.49. The monoisotopic (exact) mass is 682 g/mol. The Bertz CT molecular complexity index is 1060. The molecule has 0 aliphatic heterocycles. The number of esters is 2. The molecule has 0 amide bonds. The van der Waals surface area contributed by atoms with Gasteiger partial charge in [-0.25, -0.2) is 0 Å². The molecule has 0 aromatic carbocycles. The van der Waals surface area contributed by atoms with Gasteiger partial charge in [0.25, 0.3) is 0 Å². The molecule has 0 bridgehead atoms. The predicted molar refractivity (Wildman–Crippen MR) is 170 cm³/mol. The first-order valence-corrected chi connectivity index (χ1v) is 17.7. The van der Waals surface area contributed by atoms with Gasteiger partial charge in [-0.05, 0) is 107 Å². The summed E-state index contributed by atoms with van der Waals surface area (Å²) in [7, 11) is 0. The molecule has 40 heavy (non-hydrogen) atoms. The summed E-state index contributed by atoms with van der Waals surface area (Å²) in [6, 6.07) is 0. The lowest BCUT2D eigenvalue weighted by Crippen LogP contribution is -2.62. The quantitative estimate of drug-likeness (QED) is 0.145. The first-order valence-electron chi connectivity index (χ1n) is 15.5. The van der Waals surface area contributed by atoms with Crippen LogP contribution in [0, 0.1) is 39.4 Å². The lowest BCUT2D eigenvalue weighted by atomic mass is 9.37. The van der Waals surface area contributed by atoms with Crippen molar-refractivity contribution in [1.82, 2.24) is 0 Å². The first kappa shape index (κ1) is 32.3. The minimum absolute atomic E-state index is 0.00174. The summed E-state index contributed by atoms with van der Waals surface area (Å²) in [5.74, 6) is 1.39. The molecule has 3 fully saturated rings. The number of ether oxygens (including phenoxy) is 2. The maximum atomic E-state index is 12.2. The molecular formula is C34H52Br2O4. The molecule has 0 unspecified atom stereocenters. The molecule has 6 heteroatoms. The van der Waals surface area contributed by atoms with Gasteiger partial charge in [0.2, 0.25) is 0 Å². The fourth-order valence-electron chi connectivity index (χ4n) is 10.1. The predicted octanol–water partition coefficient (Wildman–Crippen LogP) is 9.34. The number of allylic oxidation sites excluding steroid dienone is 4. The number of halogens is 2. The Morgan fingerprint density at radius 1 is 0.975 bits per heavy atom. The summed E-state index contributed by atoms with van der Waals surface area (Å²) in [5, 5.41) is 0.508. The second-order valence-corrected chi connectivity index (χ2v) is 16.3. The molecule has 0 aromatic heterocycles. The third kappa shape index (κ3) is 5.44. The number of hydrogen-bond donors (Lipinski definition) is 0. The van der Waals surface area contributed by atoms with Gasteiger partial charge in [-0.1, -0.05) is 89.8 Å². The smallest absolute Gasteiger partial charge is 0.317 e. The second kappa shape index (κ2) is 11.5. The van der Waals surface area contributed by atoms with E-state index in [1.165, 1.54) is 31.3 Å². The average molecular weight is 685 g/mol. The molecule has 4 aliphatic carbocycles. The van der Waals surface area contributed by atoms with Gasteiger partial charge in [0.05, 0.1) is 0 Å². The molecule has 226 valence electrons. The first-order chi connectivity index (χ1) is 18.6. The summed E-state index contributed by atoms with van der Waals surface area (Å²) in [5.41, 5.74) is 3.44. The van der Waals surface area contributed by atoms with E-state index in [0.717, 1.165) is 32.1 Å². The minimum Gasteiger partial charge on any atom is -0.461 e. The van der Waals surface area contributed by atoms with Crippen molar-refractivity contribution in [2.24, 2.45) is 39.4 Å². The molecule has 0 heterocycles. The summed E-state index contributed by atoms with van der Waals surface area (Å²) in [6.45, 7) is 18.8. The zero-order valence-corrected chi connectivity index (χ0v) is 29.3. The van der Waals surface area contributed by atoms with E-state index in [-0.39, 0.29) is 50.4 Å². The Morgan fingerprint density at radius 3 is 2.30 bits per heavy atom. The fourth-order valence-corrected chi connectivity index (χ4v) is 10.4. The third-order valence-corrected chi connectivity index (χ3v) is 13.3. The summed E-state index contributed by atoms with van der Waals surface area (Å²) in [6.07, 6.45) is 15.0. The molecule has 0 radical (unpaired) electrons. The number of fused-ring (bicyclic) bond motifs is 5. The van der Waals surface area contributed by atoms with E-state index in [1.54, 1.807) is 5.57 Å². The number of carbonyl (C=O) groups is 2. The molecule has 3 saturated carbocycles. The van der Waals surface area contributed by atoms with E-state index in [9.17, 15) is 9.59 Å². The van der Waals surface area contributed by atoms with E-state index in [2.05, 4.69) is 85.6 Å². The average Bonchev–Trinajstić information content (AvgIpc) is 3.23. The van der Waals surface area contributed by atoms with Crippen LogP contribution in [0.15, 0.2) is 23.3 Å². The van der Waals surface area contributed by atoms with Gasteiger partial charge in [0.1, 0.15) is 22.4 Å². The zero-order valence-electron chi connectivity index (χ0n) is 26.1. The van der Waals surface area contributed by atoms with Crippen molar-refractivity contribution in [2.45, 2.75) is 125 Å². The number of carbonyl (C=O) groups excluding carboxylic acids is 2. The highest BCUT2D eigenvalue weighted by Crippen LogP contribution is 2.74. The molecular weight excluding hydrogens is 632 g/mol. The Balaban J connectivity index is 1.54. The van der Waals surface area contributed by atoms with Crippen molar-refractivity contribution in [1.29, 1.82) is 0 Å². The topological polar surface area (TPSA) is 52.6 Å². The molecule has 0 N–H and O–H groups in total. The Hall–Kier alpha value is -0.620. The highest BCUT2D eigenvalue weighted by atomic mass is 79.9. The van der Waals surface area contributed by atoms with Gasteiger partial charge in [-0.3, -0.25) is 9.59 Å². The van der Waals surface area contributed by atoms with Crippen LogP contribution in [0.1, 0.15) is 113 Å². The minimum atomic E-state index is -0.454. The highest BCUT2D eigenvalue weighted by molar-refractivity contribution is 9.09. The number of alkyl halides is 2. The molecule has 0 aromatic rings. The van der Waals surface area contributed by atoms with Crippen LogP contribution < -0.4 is 0 Å². The van der Waals surface area contributed by atoms with Crippen LogP contribution in [-0.4, -0.2) is 34.3 Å². The third-order valence-electron chi connectivity index (χ3n) is 12.4. The van der Waals surface area contributed by atoms with Gasteiger partial charge in [-0.2, -0.15) is 0 Å². The van der Waals surface area contributed by atoms with E-state index < -0.39 is 5.60 Å². The van der Waals surface area contributed by atoms with Crippen molar-refractivity contribution >= 4 is 43.8 Å². The number of rotatable bonds is 8. The molecule has 4 nitrogen and oxygen atoms in total. The summed E-state index contributed by atoms with van der Waals surface area (Å²) in [4.78, 5) is 24.0. The maximum absolute atomic E-state index is 12.2. The molecule has 4 aliphatic rings. The van der Waals surface area contributed by atoms with Crippen LogP contribution in [0.4, 0.5) is 0 Å². The Morgan fingerprint density at radius 2 is 1.65 bits per heavy atom. The number of hydrogen-bond acceptors (Lipinski definition) is 4. The van der Waals surface area contributed by atoms with Gasteiger partial charge in [-0.15, -0.1) is 0 Å². The lowest BCUT2D eigenvalue weighted by molar-refractivity contribution is -0.204. The van der Waals surface area contributed by atoms with Crippen LogP contribution in [0.25, 0.3) is 0 Å². The van der Waals surface area contributed by atoms with Gasteiger partial charge in [0, 0.05) is 11.3 Å². The van der Waals surface area contributed by atoms with Crippen molar-refractivity contribution in [3.8, 4) is 0 Å². The van der Waals surface area contributed by atoms with Gasteiger partial charge in [0.15, 0.2) is 0 Å². The van der Waals surface area contributed by atoms with E-state index in [1.807, 2.05) is 13.8 Å². The Labute approximate surface area is 260 Å². The van der Waals surface area contributed by atoms with Gasteiger partial charge >= 0.3 is 11.9 Å². The van der Waals surface area contributed by atoms with Crippen molar-refractivity contribution in [3.05, 3.63) is 23.3 Å². The zero-order chi connectivity index (χ0) is 29.7. The molecule has 0 saturated heterocycles. The second-order valence-electron chi connectivity index (χ2n) is 15.2. The largest absolute Gasteiger partial charge is 0.461 e. The molecule has 0 spiro atoms. The highest BCUT2D eigenvalue weighted by Gasteiger charge is 2.67. The molecule has 7 atom stereocenters. The standard InChI is InChI=1S/C34H52Br2O4/c1-22(10-9-16-30(2,3)40-29(38)21-36)23-13-18-33(7)24(23)11-12-26-32(6)17-15-27(39-28(37)20-35)31(4,5)25(32)14-19-34(26,33)8/h10-11,23,25-27H,9,12-21H2,1-8H3/b22-10+/t23-,25+,26-,27+,32+,33-,34-/m1/s1. The van der Waals surface area contributed by atoms with Crippen LogP contribution in [-0.2, 0) is 19.1 Å². The van der Waals surface area contributed by atoms with Crippen molar-refractivity contribution in [3.63, 3.8) is 0 Å². The van der Waals surface area contributed by atoms with Crippen molar-refractivity contribution in [2.75, 3.05) is 10.7 Å². The van der Waals surface area contributed by atoms with Crippen LogP contribution in [0.3, 0.4) is 0 Å².